The van der Waals surface area contributed by atoms with Crippen LogP contribution in [-0.2, 0) is 4.74 Å². The molecule has 1 aromatic heterocycles. The standard InChI is InChI=1S/C13H16N2O/c1-2-16-9-12(14)11-7-3-5-10-6-4-8-15-13(10)11/h3-8,12H,2,9,14H2,1H3. The Bertz CT molecular complexity index is 465. The minimum absolute atomic E-state index is 0.112. The quantitative estimate of drug-likeness (QED) is 0.852. The summed E-state index contributed by atoms with van der Waals surface area (Å²) in [5, 5.41) is 1.12. The van der Waals surface area contributed by atoms with Crippen LogP contribution >= 0.6 is 0 Å². The van der Waals surface area contributed by atoms with Crippen LogP contribution in [0.3, 0.4) is 0 Å². The zero-order valence-electron chi connectivity index (χ0n) is 9.39. The van der Waals surface area contributed by atoms with Gasteiger partial charge in [0, 0.05) is 18.2 Å². The van der Waals surface area contributed by atoms with Gasteiger partial charge in [-0.25, -0.2) is 0 Å². The number of para-hydroxylation sites is 1. The van der Waals surface area contributed by atoms with Gasteiger partial charge in [0.25, 0.3) is 0 Å². The Morgan fingerprint density at radius 2 is 2.12 bits per heavy atom. The Balaban J connectivity index is 2.36. The van der Waals surface area contributed by atoms with E-state index in [-0.39, 0.29) is 6.04 Å². The number of hydrogen-bond donors (Lipinski definition) is 1. The molecule has 16 heavy (non-hydrogen) atoms. The van der Waals surface area contributed by atoms with Crippen molar-refractivity contribution in [1.82, 2.24) is 4.98 Å². The lowest BCUT2D eigenvalue weighted by Crippen LogP contribution is -2.17. The number of rotatable bonds is 4. The summed E-state index contributed by atoms with van der Waals surface area (Å²) in [5.74, 6) is 0. The predicted molar refractivity (Wildman–Crippen MR) is 65.2 cm³/mol. The molecule has 1 atom stereocenters. The van der Waals surface area contributed by atoms with E-state index in [0.717, 1.165) is 16.5 Å². The summed E-state index contributed by atoms with van der Waals surface area (Å²) in [6, 6.07) is 9.92. The van der Waals surface area contributed by atoms with Crippen molar-refractivity contribution >= 4 is 10.9 Å². The second-order valence-corrected chi connectivity index (χ2v) is 3.69. The summed E-state index contributed by atoms with van der Waals surface area (Å²) >= 11 is 0. The van der Waals surface area contributed by atoms with Gasteiger partial charge in [0.15, 0.2) is 0 Å². The number of aromatic nitrogens is 1. The van der Waals surface area contributed by atoms with Crippen molar-refractivity contribution in [2.24, 2.45) is 5.73 Å². The molecule has 0 aliphatic heterocycles. The number of nitrogens with two attached hydrogens (primary N) is 1. The summed E-state index contributed by atoms with van der Waals surface area (Å²) in [4.78, 5) is 4.37. The maximum absolute atomic E-state index is 6.08. The molecule has 0 fully saturated rings. The fourth-order valence-electron chi connectivity index (χ4n) is 1.76. The SMILES string of the molecule is CCOCC(N)c1cccc2cccnc12. The van der Waals surface area contributed by atoms with Crippen LogP contribution < -0.4 is 5.73 Å². The summed E-state index contributed by atoms with van der Waals surface area (Å²) in [6.07, 6.45) is 1.79. The molecule has 0 saturated heterocycles. The van der Waals surface area contributed by atoms with Crippen LogP contribution in [0.25, 0.3) is 10.9 Å². The average Bonchev–Trinajstić information content (AvgIpc) is 2.35. The maximum Gasteiger partial charge on any atom is 0.0750 e. The summed E-state index contributed by atoms with van der Waals surface area (Å²) in [5.41, 5.74) is 8.10. The first-order chi connectivity index (χ1) is 7.83. The summed E-state index contributed by atoms with van der Waals surface area (Å²) in [6.45, 7) is 3.19. The van der Waals surface area contributed by atoms with E-state index >= 15 is 0 Å². The largest absolute Gasteiger partial charge is 0.380 e. The van der Waals surface area contributed by atoms with Crippen molar-refractivity contribution in [3.63, 3.8) is 0 Å². The molecular formula is C13H16N2O. The number of hydrogen-bond acceptors (Lipinski definition) is 3. The Morgan fingerprint density at radius 1 is 1.31 bits per heavy atom. The molecule has 0 amide bonds. The van der Waals surface area contributed by atoms with Crippen molar-refractivity contribution in [2.75, 3.05) is 13.2 Å². The third-order valence-electron chi connectivity index (χ3n) is 2.56. The van der Waals surface area contributed by atoms with E-state index in [1.54, 1.807) is 6.20 Å². The lowest BCUT2D eigenvalue weighted by atomic mass is 10.0. The average molecular weight is 216 g/mol. The fourth-order valence-corrected chi connectivity index (χ4v) is 1.76. The highest BCUT2D eigenvalue weighted by Gasteiger charge is 2.10. The topological polar surface area (TPSA) is 48.1 Å². The molecule has 0 aliphatic rings. The molecule has 0 saturated carbocycles. The van der Waals surface area contributed by atoms with Crippen LogP contribution in [0.4, 0.5) is 0 Å². The van der Waals surface area contributed by atoms with Crippen LogP contribution in [0, 0.1) is 0 Å². The molecule has 1 aromatic carbocycles. The highest BCUT2D eigenvalue weighted by molar-refractivity contribution is 5.81. The zero-order valence-corrected chi connectivity index (χ0v) is 9.39. The van der Waals surface area contributed by atoms with Gasteiger partial charge in [-0.1, -0.05) is 24.3 Å². The summed E-state index contributed by atoms with van der Waals surface area (Å²) in [7, 11) is 0. The van der Waals surface area contributed by atoms with E-state index in [0.29, 0.717) is 13.2 Å². The molecule has 1 heterocycles. The lowest BCUT2D eigenvalue weighted by Gasteiger charge is -2.13. The molecular weight excluding hydrogens is 200 g/mol. The van der Waals surface area contributed by atoms with Crippen molar-refractivity contribution in [2.45, 2.75) is 13.0 Å². The van der Waals surface area contributed by atoms with Crippen molar-refractivity contribution < 1.29 is 4.74 Å². The van der Waals surface area contributed by atoms with Gasteiger partial charge in [0.2, 0.25) is 0 Å². The summed E-state index contributed by atoms with van der Waals surface area (Å²) < 4.78 is 5.35. The second-order valence-electron chi connectivity index (χ2n) is 3.69. The molecule has 2 rings (SSSR count). The van der Waals surface area contributed by atoms with E-state index in [2.05, 4.69) is 4.98 Å². The second kappa shape index (κ2) is 5.05. The van der Waals surface area contributed by atoms with E-state index in [1.807, 2.05) is 37.3 Å². The van der Waals surface area contributed by atoms with Crippen molar-refractivity contribution in [3.05, 3.63) is 42.1 Å². The van der Waals surface area contributed by atoms with E-state index in [9.17, 15) is 0 Å². The van der Waals surface area contributed by atoms with Gasteiger partial charge in [0.05, 0.1) is 18.2 Å². The van der Waals surface area contributed by atoms with Crippen molar-refractivity contribution in [1.29, 1.82) is 0 Å². The first-order valence-corrected chi connectivity index (χ1v) is 5.50. The molecule has 3 heteroatoms. The number of fused-ring (bicyclic) bond motifs is 1. The molecule has 0 radical (unpaired) electrons. The zero-order chi connectivity index (χ0) is 11.4. The van der Waals surface area contributed by atoms with Gasteiger partial charge < -0.3 is 10.5 Å². The van der Waals surface area contributed by atoms with Gasteiger partial charge in [-0.05, 0) is 18.6 Å². The first-order valence-electron chi connectivity index (χ1n) is 5.50. The Labute approximate surface area is 95.2 Å². The van der Waals surface area contributed by atoms with E-state index < -0.39 is 0 Å². The van der Waals surface area contributed by atoms with Gasteiger partial charge in [-0.2, -0.15) is 0 Å². The first kappa shape index (κ1) is 11.0. The Morgan fingerprint density at radius 3 is 2.94 bits per heavy atom. The van der Waals surface area contributed by atoms with Gasteiger partial charge in [-0.15, -0.1) is 0 Å². The molecule has 3 nitrogen and oxygen atoms in total. The molecule has 1 unspecified atom stereocenters. The number of ether oxygens (including phenoxy) is 1. The predicted octanol–water partition coefficient (Wildman–Crippen LogP) is 2.27. The third kappa shape index (κ3) is 2.21. The Hall–Kier alpha value is -1.45. The molecule has 0 bridgehead atoms. The monoisotopic (exact) mass is 216 g/mol. The highest BCUT2D eigenvalue weighted by Crippen LogP contribution is 2.20. The normalized spacial score (nSPS) is 12.9. The minimum atomic E-state index is -0.112. The van der Waals surface area contributed by atoms with Gasteiger partial charge in [0.1, 0.15) is 0 Å². The van der Waals surface area contributed by atoms with Crippen molar-refractivity contribution in [3.8, 4) is 0 Å². The number of pyridine rings is 1. The van der Waals surface area contributed by atoms with Crippen LogP contribution in [-0.4, -0.2) is 18.2 Å². The van der Waals surface area contributed by atoms with Crippen LogP contribution in [0.15, 0.2) is 36.5 Å². The smallest absolute Gasteiger partial charge is 0.0750 e. The van der Waals surface area contributed by atoms with E-state index in [1.165, 1.54) is 0 Å². The lowest BCUT2D eigenvalue weighted by molar-refractivity contribution is 0.134. The van der Waals surface area contributed by atoms with Gasteiger partial charge in [-0.3, -0.25) is 4.98 Å². The number of nitrogens with zero attached hydrogens (tertiary/aromatic N) is 1. The molecule has 2 N–H and O–H groups in total. The fraction of sp³-hybridized carbons (Fsp3) is 0.308. The maximum atomic E-state index is 6.08. The van der Waals surface area contributed by atoms with Crippen LogP contribution in [0.2, 0.25) is 0 Å². The van der Waals surface area contributed by atoms with Gasteiger partial charge >= 0.3 is 0 Å². The van der Waals surface area contributed by atoms with Crippen LogP contribution in [0.5, 0.6) is 0 Å². The molecule has 0 aliphatic carbocycles. The third-order valence-corrected chi connectivity index (χ3v) is 2.56. The minimum Gasteiger partial charge on any atom is -0.380 e. The highest BCUT2D eigenvalue weighted by atomic mass is 16.5. The number of benzene rings is 1. The van der Waals surface area contributed by atoms with E-state index in [4.69, 9.17) is 10.5 Å². The van der Waals surface area contributed by atoms with Crippen LogP contribution in [0.1, 0.15) is 18.5 Å². The Kier molecular flexibility index (Phi) is 3.49. The molecule has 0 spiro atoms. The molecule has 2 aromatic rings. The molecule has 84 valence electrons.